The largest absolute Gasteiger partial charge is 0.357 e. The lowest BCUT2D eigenvalue weighted by Crippen LogP contribution is -2.43. The van der Waals surface area contributed by atoms with Crippen LogP contribution >= 0.6 is 11.8 Å². The van der Waals surface area contributed by atoms with Gasteiger partial charge in [0.05, 0.1) is 0 Å². The van der Waals surface area contributed by atoms with E-state index in [1.165, 1.54) is 4.90 Å². The summed E-state index contributed by atoms with van der Waals surface area (Å²) in [6, 6.07) is 10.4. The van der Waals surface area contributed by atoms with Crippen LogP contribution in [0.5, 0.6) is 0 Å². The second-order valence-electron chi connectivity index (χ2n) is 6.44. The van der Waals surface area contributed by atoms with Crippen LogP contribution in [0, 0.1) is 0 Å². The van der Waals surface area contributed by atoms with E-state index < -0.39 is 0 Å². The monoisotopic (exact) mass is 350 g/mol. The maximum atomic E-state index is 11.8. The fourth-order valence-corrected chi connectivity index (χ4v) is 2.81. The minimum atomic E-state index is -0.229. The molecule has 0 spiro atoms. The van der Waals surface area contributed by atoms with E-state index in [0.29, 0.717) is 5.96 Å². The third kappa shape index (κ3) is 10.2. The minimum Gasteiger partial charge on any atom is -0.357 e. The maximum Gasteiger partial charge on any atom is 0.242 e. The summed E-state index contributed by atoms with van der Waals surface area (Å²) < 4.78 is 0. The minimum absolute atomic E-state index is 0.0701. The van der Waals surface area contributed by atoms with Crippen molar-refractivity contribution in [2.45, 2.75) is 44.6 Å². The van der Waals surface area contributed by atoms with Gasteiger partial charge in [0.25, 0.3) is 0 Å². The van der Waals surface area contributed by atoms with Gasteiger partial charge in [-0.05, 0) is 52.0 Å². The van der Waals surface area contributed by atoms with Gasteiger partial charge in [0.2, 0.25) is 5.91 Å². The molecule has 0 radical (unpaired) electrons. The van der Waals surface area contributed by atoms with Gasteiger partial charge in [0, 0.05) is 23.5 Å². The van der Waals surface area contributed by atoms with E-state index in [0.717, 1.165) is 25.3 Å². The standard InChI is InChI=1S/C18H30N4OS/c1-5-19-17(21-14-16(23)22-18(2,3)4)20-12-9-13-24-15-10-7-6-8-11-15/h6-8,10-11H,5,9,12-14H2,1-4H3,(H,22,23)(H2,19,20,21). The highest BCUT2D eigenvalue weighted by atomic mass is 32.2. The van der Waals surface area contributed by atoms with Crippen LogP contribution in [0.2, 0.25) is 0 Å². The van der Waals surface area contributed by atoms with Crippen molar-refractivity contribution < 1.29 is 4.79 Å². The molecule has 0 heterocycles. The molecule has 0 saturated heterocycles. The lowest BCUT2D eigenvalue weighted by molar-refractivity contribution is -0.121. The molecule has 24 heavy (non-hydrogen) atoms. The molecule has 1 rings (SSSR count). The number of nitrogens with one attached hydrogen (secondary N) is 3. The van der Waals surface area contributed by atoms with E-state index in [9.17, 15) is 4.79 Å². The third-order valence-electron chi connectivity index (χ3n) is 2.86. The number of carbonyl (C=O) groups excluding carboxylic acids is 1. The fraction of sp³-hybridized carbons (Fsp3) is 0.556. The molecular formula is C18H30N4OS. The van der Waals surface area contributed by atoms with Crippen LogP contribution < -0.4 is 16.0 Å². The molecule has 0 aromatic heterocycles. The number of hydrogen-bond donors (Lipinski definition) is 3. The third-order valence-corrected chi connectivity index (χ3v) is 3.96. The molecule has 0 aliphatic heterocycles. The van der Waals surface area contributed by atoms with Crippen molar-refractivity contribution >= 4 is 23.6 Å². The van der Waals surface area contributed by atoms with Crippen LogP contribution in [0.4, 0.5) is 0 Å². The molecule has 0 fully saturated rings. The van der Waals surface area contributed by atoms with Crippen molar-refractivity contribution in [1.29, 1.82) is 0 Å². The number of thioether (sulfide) groups is 1. The average molecular weight is 351 g/mol. The summed E-state index contributed by atoms with van der Waals surface area (Å²) >= 11 is 1.85. The van der Waals surface area contributed by atoms with Crippen molar-refractivity contribution in [2.24, 2.45) is 4.99 Å². The van der Waals surface area contributed by atoms with Crippen molar-refractivity contribution in [3.63, 3.8) is 0 Å². The summed E-state index contributed by atoms with van der Waals surface area (Å²) in [4.78, 5) is 17.4. The summed E-state index contributed by atoms with van der Waals surface area (Å²) in [5, 5.41) is 9.34. The Morgan fingerprint density at radius 3 is 2.50 bits per heavy atom. The molecule has 134 valence electrons. The molecule has 0 aliphatic carbocycles. The van der Waals surface area contributed by atoms with Gasteiger partial charge in [0.1, 0.15) is 6.54 Å². The number of rotatable bonds is 8. The van der Waals surface area contributed by atoms with E-state index in [2.05, 4.69) is 45.2 Å². The van der Waals surface area contributed by atoms with Crippen molar-refractivity contribution in [3.05, 3.63) is 30.3 Å². The van der Waals surface area contributed by atoms with Crippen LogP contribution in [0.25, 0.3) is 0 Å². The van der Waals surface area contributed by atoms with Crippen LogP contribution in [0.15, 0.2) is 40.2 Å². The second kappa shape index (κ2) is 11.0. The zero-order valence-electron chi connectivity index (χ0n) is 15.2. The molecule has 0 unspecified atom stereocenters. The van der Waals surface area contributed by atoms with Crippen LogP contribution in [-0.2, 0) is 4.79 Å². The van der Waals surface area contributed by atoms with E-state index >= 15 is 0 Å². The van der Waals surface area contributed by atoms with Gasteiger partial charge in [0.15, 0.2) is 5.96 Å². The molecule has 3 N–H and O–H groups in total. The summed E-state index contributed by atoms with van der Waals surface area (Å²) in [6.07, 6.45) is 1.03. The van der Waals surface area contributed by atoms with Gasteiger partial charge in [-0.2, -0.15) is 0 Å². The van der Waals surface area contributed by atoms with Gasteiger partial charge in [-0.15, -0.1) is 11.8 Å². The molecule has 1 aromatic rings. The predicted octanol–water partition coefficient (Wildman–Crippen LogP) is 2.64. The zero-order valence-corrected chi connectivity index (χ0v) is 16.0. The lowest BCUT2D eigenvalue weighted by Gasteiger charge is -2.20. The first-order valence-corrected chi connectivity index (χ1v) is 9.40. The quantitative estimate of drug-likeness (QED) is 0.292. The van der Waals surface area contributed by atoms with Crippen LogP contribution in [-0.4, -0.2) is 42.8 Å². The molecule has 0 atom stereocenters. The topological polar surface area (TPSA) is 65.5 Å². The van der Waals surface area contributed by atoms with Gasteiger partial charge in [-0.25, -0.2) is 4.99 Å². The molecule has 1 aromatic carbocycles. The smallest absolute Gasteiger partial charge is 0.242 e. The zero-order chi connectivity index (χ0) is 17.8. The Kier molecular flexibility index (Phi) is 9.30. The van der Waals surface area contributed by atoms with Crippen molar-refractivity contribution in [3.8, 4) is 0 Å². The lowest BCUT2D eigenvalue weighted by atomic mass is 10.1. The highest BCUT2D eigenvalue weighted by Crippen LogP contribution is 2.17. The van der Waals surface area contributed by atoms with Gasteiger partial charge in [-0.1, -0.05) is 18.2 Å². The van der Waals surface area contributed by atoms with Crippen molar-refractivity contribution in [2.75, 3.05) is 25.4 Å². The summed E-state index contributed by atoms with van der Waals surface area (Å²) in [6.45, 7) is 9.62. The van der Waals surface area contributed by atoms with Gasteiger partial charge < -0.3 is 16.0 Å². The maximum absolute atomic E-state index is 11.8. The SMILES string of the molecule is CCNC(=NCC(=O)NC(C)(C)C)NCCCSc1ccccc1. The normalized spacial score (nSPS) is 11.9. The first-order valence-electron chi connectivity index (χ1n) is 8.42. The number of aliphatic imine (C=N–C) groups is 1. The summed E-state index contributed by atoms with van der Waals surface area (Å²) in [7, 11) is 0. The van der Waals surface area contributed by atoms with Crippen molar-refractivity contribution in [1.82, 2.24) is 16.0 Å². The molecule has 6 heteroatoms. The molecule has 0 bridgehead atoms. The molecule has 5 nitrogen and oxygen atoms in total. The Morgan fingerprint density at radius 2 is 1.88 bits per heavy atom. The number of guanidine groups is 1. The Bertz CT molecular complexity index is 512. The Morgan fingerprint density at radius 1 is 1.17 bits per heavy atom. The number of amides is 1. The molecule has 0 aliphatic rings. The van der Waals surface area contributed by atoms with Gasteiger partial charge >= 0.3 is 0 Å². The van der Waals surface area contributed by atoms with E-state index in [1.807, 2.05) is 45.5 Å². The second-order valence-corrected chi connectivity index (χ2v) is 7.60. The van der Waals surface area contributed by atoms with E-state index in [1.54, 1.807) is 0 Å². The number of nitrogens with zero attached hydrogens (tertiary/aromatic N) is 1. The average Bonchev–Trinajstić information content (AvgIpc) is 2.51. The van der Waals surface area contributed by atoms with Crippen LogP contribution in [0.1, 0.15) is 34.1 Å². The number of benzene rings is 1. The van der Waals surface area contributed by atoms with Gasteiger partial charge in [-0.3, -0.25) is 4.79 Å². The summed E-state index contributed by atoms with van der Waals surface area (Å²) in [5.74, 6) is 1.66. The van der Waals surface area contributed by atoms with E-state index in [-0.39, 0.29) is 18.0 Å². The first kappa shape index (κ1) is 20.4. The molecule has 0 saturated carbocycles. The Balaban J connectivity index is 2.29. The van der Waals surface area contributed by atoms with E-state index in [4.69, 9.17) is 0 Å². The summed E-state index contributed by atoms with van der Waals surface area (Å²) in [5.41, 5.74) is -0.229. The predicted molar refractivity (Wildman–Crippen MR) is 104 cm³/mol. The Hall–Kier alpha value is -1.69. The van der Waals surface area contributed by atoms with Crippen LogP contribution in [0.3, 0.4) is 0 Å². The Labute approximate surface area is 150 Å². The highest BCUT2D eigenvalue weighted by Gasteiger charge is 2.13. The fourth-order valence-electron chi connectivity index (χ4n) is 1.94. The highest BCUT2D eigenvalue weighted by molar-refractivity contribution is 7.99. The number of carbonyl (C=O) groups is 1. The molecular weight excluding hydrogens is 320 g/mol. The number of hydrogen-bond acceptors (Lipinski definition) is 3. The molecule has 1 amide bonds. The first-order chi connectivity index (χ1) is 11.4.